The molecule has 3 aromatic rings. The third-order valence-electron chi connectivity index (χ3n) is 4.73. The lowest BCUT2D eigenvalue weighted by Crippen LogP contribution is -3.11. The van der Waals surface area contributed by atoms with Crippen LogP contribution in [0.25, 0.3) is 20.8 Å². The first-order valence-electron chi connectivity index (χ1n) is 8.90. The number of carbonyl (C=O) groups excluding carboxylic acids is 1. The molecule has 1 fully saturated rings. The molecule has 1 saturated heterocycles. The summed E-state index contributed by atoms with van der Waals surface area (Å²) < 4.78 is 6.38. The number of fused-ring (bicyclic) bond motifs is 1. The fourth-order valence-electron chi connectivity index (χ4n) is 3.34. The molecular weight excluding hydrogens is 346 g/mol. The van der Waals surface area contributed by atoms with E-state index in [2.05, 4.69) is 10.3 Å². The van der Waals surface area contributed by atoms with Gasteiger partial charge in [0.25, 0.3) is 5.91 Å². The van der Waals surface area contributed by atoms with Crippen molar-refractivity contribution >= 4 is 33.1 Å². The predicted molar refractivity (Wildman–Crippen MR) is 105 cm³/mol. The van der Waals surface area contributed by atoms with Crippen LogP contribution >= 0.6 is 11.3 Å². The Bertz CT molecular complexity index is 914. The normalized spacial score (nSPS) is 14.7. The molecule has 2 aromatic carbocycles. The Morgan fingerprint density at radius 1 is 1.19 bits per heavy atom. The summed E-state index contributed by atoms with van der Waals surface area (Å²) >= 11 is 1.64. The van der Waals surface area contributed by atoms with Crippen LogP contribution in [0.4, 0.5) is 5.69 Å². The molecule has 0 aliphatic carbocycles. The number of amides is 1. The van der Waals surface area contributed by atoms with E-state index >= 15 is 0 Å². The number of thiazole rings is 1. The Balaban J connectivity index is 1.46. The standard InChI is InChI=1S/C20H21N3O2S/c1-25-16-8-9-17-18(12-16)26-20(22-17)14-4-6-15(7-5-14)21-19(24)13-23-10-2-3-11-23/h4-9,12H,2-3,10-11,13H2,1H3,(H,21,24)/p+1. The molecule has 0 atom stereocenters. The predicted octanol–water partition coefficient (Wildman–Crippen LogP) is 2.59. The Kier molecular flexibility index (Phi) is 4.86. The van der Waals surface area contributed by atoms with Gasteiger partial charge >= 0.3 is 0 Å². The van der Waals surface area contributed by atoms with Crippen LogP contribution in [0.2, 0.25) is 0 Å². The molecule has 0 bridgehead atoms. The van der Waals surface area contributed by atoms with Crippen LogP contribution in [-0.4, -0.2) is 37.6 Å². The molecule has 26 heavy (non-hydrogen) atoms. The number of nitrogens with zero attached hydrogens (tertiary/aromatic N) is 1. The van der Waals surface area contributed by atoms with E-state index in [0.717, 1.165) is 45.3 Å². The first-order valence-corrected chi connectivity index (χ1v) is 9.71. The zero-order chi connectivity index (χ0) is 17.9. The quantitative estimate of drug-likeness (QED) is 0.728. The lowest BCUT2D eigenvalue weighted by Gasteiger charge is -2.11. The number of likely N-dealkylation sites (tertiary alicyclic amines) is 1. The van der Waals surface area contributed by atoms with Crippen LogP contribution in [0.15, 0.2) is 42.5 Å². The zero-order valence-electron chi connectivity index (χ0n) is 14.7. The number of nitrogens with one attached hydrogen (secondary N) is 2. The van der Waals surface area contributed by atoms with Gasteiger partial charge in [-0.25, -0.2) is 4.98 Å². The number of benzene rings is 2. The molecule has 6 heteroatoms. The molecule has 134 valence electrons. The number of carbonyl (C=O) groups is 1. The largest absolute Gasteiger partial charge is 0.497 e. The summed E-state index contributed by atoms with van der Waals surface area (Å²) in [7, 11) is 1.67. The molecular formula is C20H22N3O2S+. The van der Waals surface area contributed by atoms with Gasteiger partial charge in [-0.2, -0.15) is 0 Å². The number of quaternary nitrogens is 1. The highest BCUT2D eigenvalue weighted by Gasteiger charge is 2.18. The summed E-state index contributed by atoms with van der Waals surface area (Å²) in [5.41, 5.74) is 2.85. The second-order valence-corrected chi connectivity index (χ2v) is 7.64. The number of hydrogen-bond donors (Lipinski definition) is 2. The average Bonchev–Trinajstić information content (AvgIpc) is 3.30. The lowest BCUT2D eigenvalue weighted by atomic mass is 10.2. The van der Waals surface area contributed by atoms with E-state index in [-0.39, 0.29) is 5.91 Å². The van der Waals surface area contributed by atoms with E-state index in [1.165, 1.54) is 17.7 Å². The van der Waals surface area contributed by atoms with E-state index in [0.29, 0.717) is 6.54 Å². The molecule has 2 N–H and O–H groups in total. The first-order chi connectivity index (χ1) is 12.7. The molecule has 0 spiro atoms. The van der Waals surface area contributed by atoms with Gasteiger partial charge in [-0.05, 0) is 42.5 Å². The molecule has 0 unspecified atom stereocenters. The van der Waals surface area contributed by atoms with E-state index in [9.17, 15) is 4.79 Å². The molecule has 1 amide bonds. The topological polar surface area (TPSA) is 55.7 Å². The third kappa shape index (κ3) is 3.71. The Morgan fingerprint density at radius 3 is 2.69 bits per heavy atom. The molecule has 0 radical (unpaired) electrons. The van der Waals surface area contributed by atoms with Crippen molar-refractivity contribution in [3.05, 3.63) is 42.5 Å². The second kappa shape index (κ2) is 7.43. The number of aromatic nitrogens is 1. The van der Waals surface area contributed by atoms with Gasteiger partial charge in [0.1, 0.15) is 10.8 Å². The van der Waals surface area contributed by atoms with Crippen molar-refractivity contribution in [3.8, 4) is 16.3 Å². The van der Waals surface area contributed by atoms with Crippen molar-refractivity contribution in [3.63, 3.8) is 0 Å². The second-order valence-electron chi connectivity index (χ2n) is 6.61. The fraction of sp³-hybridized carbons (Fsp3) is 0.300. The summed E-state index contributed by atoms with van der Waals surface area (Å²) in [4.78, 5) is 18.2. The highest BCUT2D eigenvalue weighted by molar-refractivity contribution is 7.21. The average molecular weight is 368 g/mol. The Hall–Kier alpha value is -2.44. The number of anilines is 1. The van der Waals surface area contributed by atoms with E-state index in [1.54, 1.807) is 18.4 Å². The van der Waals surface area contributed by atoms with E-state index in [1.807, 2.05) is 42.5 Å². The minimum absolute atomic E-state index is 0.0849. The maximum absolute atomic E-state index is 12.1. The molecule has 1 aliphatic rings. The van der Waals surface area contributed by atoms with Crippen molar-refractivity contribution in [1.82, 2.24) is 4.98 Å². The van der Waals surface area contributed by atoms with Gasteiger partial charge in [0.2, 0.25) is 0 Å². The third-order valence-corrected chi connectivity index (χ3v) is 5.80. The number of methoxy groups -OCH3 is 1. The van der Waals surface area contributed by atoms with Gasteiger partial charge in [0.05, 0.1) is 30.4 Å². The Labute approximate surface area is 156 Å². The maximum atomic E-state index is 12.1. The summed E-state index contributed by atoms with van der Waals surface area (Å²) in [6, 6.07) is 13.8. The van der Waals surface area contributed by atoms with Crippen molar-refractivity contribution < 1.29 is 14.4 Å². The van der Waals surface area contributed by atoms with Gasteiger partial charge in [-0.15, -0.1) is 11.3 Å². The van der Waals surface area contributed by atoms with Crippen LogP contribution < -0.4 is 15.0 Å². The smallest absolute Gasteiger partial charge is 0.279 e. The number of rotatable bonds is 5. The van der Waals surface area contributed by atoms with Crippen LogP contribution in [-0.2, 0) is 4.79 Å². The minimum Gasteiger partial charge on any atom is -0.497 e. The summed E-state index contributed by atoms with van der Waals surface area (Å²) in [6.45, 7) is 2.77. The summed E-state index contributed by atoms with van der Waals surface area (Å²) in [5, 5.41) is 3.96. The van der Waals surface area contributed by atoms with Crippen molar-refractivity contribution in [2.45, 2.75) is 12.8 Å². The van der Waals surface area contributed by atoms with Gasteiger partial charge < -0.3 is 15.0 Å². The number of hydrogen-bond acceptors (Lipinski definition) is 4. The van der Waals surface area contributed by atoms with Crippen molar-refractivity contribution in [2.75, 3.05) is 32.1 Å². The molecule has 2 heterocycles. The molecule has 5 nitrogen and oxygen atoms in total. The Morgan fingerprint density at radius 2 is 1.96 bits per heavy atom. The van der Waals surface area contributed by atoms with Crippen LogP contribution in [0, 0.1) is 0 Å². The highest BCUT2D eigenvalue weighted by Crippen LogP contribution is 2.32. The lowest BCUT2D eigenvalue weighted by molar-refractivity contribution is -0.878. The van der Waals surface area contributed by atoms with Gasteiger partial charge in [0, 0.05) is 24.1 Å². The van der Waals surface area contributed by atoms with Crippen LogP contribution in [0.1, 0.15) is 12.8 Å². The summed E-state index contributed by atoms with van der Waals surface area (Å²) in [5.74, 6) is 0.924. The van der Waals surface area contributed by atoms with Crippen LogP contribution in [0.5, 0.6) is 5.75 Å². The SMILES string of the molecule is COc1ccc2nc(-c3ccc(NC(=O)C[NH+]4CCCC4)cc3)sc2c1. The van der Waals surface area contributed by atoms with Crippen molar-refractivity contribution in [2.24, 2.45) is 0 Å². The zero-order valence-corrected chi connectivity index (χ0v) is 15.6. The minimum atomic E-state index is 0.0849. The van der Waals surface area contributed by atoms with Gasteiger partial charge in [-0.3, -0.25) is 4.79 Å². The van der Waals surface area contributed by atoms with Gasteiger partial charge in [-0.1, -0.05) is 0 Å². The fourth-order valence-corrected chi connectivity index (χ4v) is 4.34. The summed E-state index contributed by atoms with van der Waals surface area (Å²) in [6.07, 6.45) is 2.46. The van der Waals surface area contributed by atoms with E-state index < -0.39 is 0 Å². The monoisotopic (exact) mass is 368 g/mol. The maximum Gasteiger partial charge on any atom is 0.279 e. The number of ether oxygens (including phenoxy) is 1. The molecule has 1 aromatic heterocycles. The van der Waals surface area contributed by atoms with Crippen LogP contribution in [0.3, 0.4) is 0 Å². The molecule has 0 saturated carbocycles. The highest BCUT2D eigenvalue weighted by atomic mass is 32.1. The van der Waals surface area contributed by atoms with E-state index in [4.69, 9.17) is 4.74 Å². The first kappa shape index (κ1) is 17.0. The molecule has 4 rings (SSSR count). The molecule has 1 aliphatic heterocycles. The van der Waals surface area contributed by atoms with Crippen molar-refractivity contribution in [1.29, 1.82) is 0 Å². The van der Waals surface area contributed by atoms with Gasteiger partial charge in [0.15, 0.2) is 6.54 Å².